The van der Waals surface area contributed by atoms with Gasteiger partial charge in [0.15, 0.2) is 21.8 Å². The van der Waals surface area contributed by atoms with Gasteiger partial charge < -0.3 is 17.3 Å². The zero-order chi connectivity index (χ0) is 24.9. The second-order valence-corrected chi connectivity index (χ2v) is 9.47. The third-order valence-corrected chi connectivity index (χ3v) is 6.85. The van der Waals surface area contributed by atoms with Gasteiger partial charge in [0, 0.05) is 11.1 Å². The van der Waals surface area contributed by atoms with E-state index in [1.54, 1.807) is 0 Å². The first kappa shape index (κ1) is 25.2. The Bertz CT molecular complexity index is 1270. The summed E-state index contributed by atoms with van der Waals surface area (Å²) in [5, 5.41) is 0. The zero-order valence-electron chi connectivity index (χ0n) is 18.6. The maximum absolute atomic E-state index is 13.7. The van der Waals surface area contributed by atoms with E-state index in [-0.39, 0.29) is 5.75 Å². The third kappa shape index (κ3) is 6.14. The molecule has 0 saturated carbocycles. The van der Waals surface area contributed by atoms with E-state index >= 15 is 0 Å². The third-order valence-electron chi connectivity index (χ3n) is 5.13. The van der Waals surface area contributed by atoms with E-state index in [1.807, 2.05) is 114 Å². The molecule has 4 rings (SSSR count). The van der Waals surface area contributed by atoms with Crippen LogP contribution in [0.2, 0.25) is 0 Å². The topological polar surface area (TPSA) is 43.0 Å². The van der Waals surface area contributed by atoms with Gasteiger partial charge in [-0.05, 0) is 17.7 Å². The largest absolute Gasteiger partial charge is 0.673 e. The first-order valence-electron chi connectivity index (χ1n) is 10.3. The SMILES string of the molecule is Cn1c(-c2ccccc2)c(S(=O)(=O)Cc2ccccc2)c(-c2ccccc2)[n+]1C.F[B-](F)(F)F. The van der Waals surface area contributed by atoms with Crippen LogP contribution in [0.25, 0.3) is 22.5 Å². The van der Waals surface area contributed by atoms with Gasteiger partial charge in [0.1, 0.15) is 5.69 Å². The summed E-state index contributed by atoms with van der Waals surface area (Å²) >= 11 is 0. The Hall–Kier alpha value is -3.40. The molecule has 1 heterocycles. The van der Waals surface area contributed by atoms with Gasteiger partial charge in [0.05, 0.1) is 12.8 Å². The first-order chi connectivity index (χ1) is 16.0. The van der Waals surface area contributed by atoms with Crippen LogP contribution in [0.5, 0.6) is 0 Å². The molecule has 0 aliphatic heterocycles. The summed E-state index contributed by atoms with van der Waals surface area (Å²) in [4.78, 5) is 0.365. The van der Waals surface area contributed by atoms with Crippen molar-refractivity contribution < 1.29 is 30.4 Å². The van der Waals surface area contributed by atoms with Crippen LogP contribution in [-0.2, 0) is 29.7 Å². The number of aromatic nitrogens is 2. The van der Waals surface area contributed by atoms with Crippen LogP contribution < -0.4 is 4.68 Å². The molecule has 0 atom stereocenters. The van der Waals surface area contributed by atoms with Gasteiger partial charge in [-0.3, -0.25) is 0 Å². The van der Waals surface area contributed by atoms with Crippen molar-refractivity contribution in [2.24, 2.45) is 14.1 Å². The molecule has 0 unspecified atom stereocenters. The van der Waals surface area contributed by atoms with Gasteiger partial charge in [-0.1, -0.05) is 78.9 Å². The lowest BCUT2D eigenvalue weighted by Gasteiger charge is -2.07. The van der Waals surface area contributed by atoms with Gasteiger partial charge in [0.2, 0.25) is 0 Å². The van der Waals surface area contributed by atoms with E-state index in [4.69, 9.17) is 0 Å². The first-order valence-corrected chi connectivity index (χ1v) is 12.0. The Balaban J connectivity index is 0.000000588. The summed E-state index contributed by atoms with van der Waals surface area (Å²) in [7, 11) is -5.82. The molecule has 0 saturated heterocycles. The quantitative estimate of drug-likeness (QED) is 0.212. The molecule has 178 valence electrons. The highest BCUT2D eigenvalue weighted by molar-refractivity contribution is 7.91. The average molecular weight is 490 g/mol. The normalized spacial score (nSPS) is 11.6. The van der Waals surface area contributed by atoms with E-state index in [0.717, 1.165) is 16.7 Å². The molecule has 0 amide bonds. The van der Waals surface area contributed by atoms with Crippen LogP contribution in [0.1, 0.15) is 5.56 Å². The number of benzene rings is 3. The molecule has 0 aliphatic rings. The van der Waals surface area contributed by atoms with Crippen LogP contribution in [0.4, 0.5) is 17.3 Å². The van der Waals surface area contributed by atoms with E-state index in [0.29, 0.717) is 16.3 Å². The monoisotopic (exact) mass is 490 g/mol. The number of hydrogen-bond acceptors (Lipinski definition) is 2. The zero-order valence-corrected chi connectivity index (χ0v) is 19.4. The summed E-state index contributed by atoms with van der Waals surface area (Å²) in [5.74, 6) is -0.0441. The number of halogens is 4. The smallest absolute Gasteiger partial charge is 0.418 e. The highest BCUT2D eigenvalue weighted by Crippen LogP contribution is 2.36. The van der Waals surface area contributed by atoms with Crippen LogP contribution in [0.15, 0.2) is 95.9 Å². The number of sulfone groups is 1. The van der Waals surface area contributed by atoms with Crippen molar-refractivity contribution >= 4 is 17.1 Å². The lowest BCUT2D eigenvalue weighted by atomic mass is 10.1. The Morgan fingerprint density at radius 3 is 1.65 bits per heavy atom. The Morgan fingerprint density at radius 2 is 1.18 bits per heavy atom. The molecule has 0 spiro atoms. The molecule has 4 nitrogen and oxygen atoms in total. The van der Waals surface area contributed by atoms with Crippen molar-refractivity contribution in [3.8, 4) is 22.5 Å². The highest BCUT2D eigenvalue weighted by atomic mass is 32.2. The van der Waals surface area contributed by atoms with Gasteiger partial charge in [-0.2, -0.15) is 4.68 Å². The molecule has 0 radical (unpaired) electrons. The fourth-order valence-electron chi connectivity index (χ4n) is 3.69. The fraction of sp³-hybridized carbons (Fsp3) is 0.125. The van der Waals surface area contributed by atoms with Crippen molar-refractivity contribution in [1.29, 1.82) is 0 Å². The van der Waals surface area contributed by atoms with Crippen molar-refractivity contribution in [3.05, 3.63) is 96.6 Å². The maximum Gasteiger partial charge on any atom is 0.673 e. The summed E-state index contributed by atoms with van der Waals surface area (Å²) in [5.41, 5.74) is 3.92. The summed E-state index contributed by atoms with van der Waals surface area (Å²) in [6.45, 7) is 0. The summed E-state index contributed by atoms with van der Waals surface area (Å²) in [6.07, 6.45) is 0. The molecule has 10 heteroatoms. The molecule has 3 aromatic carbocycles. The molecule has 0 bridgehead atoms. The number of rotatable bonds is 5. The van der Waals surface area contributed by atoms with E-state index in [9.17, 15) is 25.7 Å². The summed E-state index contributed by atoms with van der Waals surface area (Å²) < 4.78 is 70.3. The Kier molecular flexibility index (Phi) is 7.61. The second kappa shape index (κ2) is 10.3. The molecule has 0 aliphatic carbocycles. The van der Waals surface area contributed by atoms with Gasteiger partial charge in [-0.25, -0.2) is 8.42 Å². The minimum absolute atomic E-state index is 0.0441. The van der Waals surface area contributed by atoms with Crippen LogP contribution in [-0.4, -0.2) is 20.4 Å². The van der Waals surface area contributed by atoms with Crippen LogP contribution >= 0.6 is 0 Å². The molecule has 0 N–H and O–H groups in total. The van der Waals surface area contributed by atoms with Crippen molar-refractivity contribution in [2.75, 3.05) is 0 Å². The minimum atomic E-state index is -6.00. The Morgan fingerprint density at radius 1 is 0.765 bits per heavy atom. The van der Waals surface area contributed by atoms with Crippen LogP contribution in [0, 0.1) is 0 Å². The maximum atomic E-state index is 13.7. The Labute approximate surface area is 196 Å². The van der Waals surface area contributed by atoms with Crippen LogP contribution in [0.3, 0.4) is 0 Å². The van der Waals surface area contributed by atoms with Crippen molar-refractivity contribution in [1.82, 2.24) is 4.68 Å². The molecular formula is C24H23BF4N2O2S. The minimum Gasteiger partial charge on any atom is -0.418 e. The molecule has 4 aromatic rings. The van der Waals surface area contributed by atoms with E-state index in [2.05, 4.69) is 0 Å². The predicted molar refractivity (Wildman–Crippen MR) is 125 cm³/mol. The average Bonchev–Trinajstić information content (AvgIpc) is 3.06. The van der Waals surface area contributed by atoms with Gasteiger partial charge in [0.25, 0.3) is 5.69 Å². The fourth-order valence-corrected chi connectivity index (χ4v) is 5.56. The standard InChI is InChI=1S/C24H23N2O2S.BF4/c1-25-22(20-14-8-4-9-15-20)24(23(26(25)2)21-16-10-5-11-17-21)29(27,28)18-19-12-6-3-7-13-19;2-1(3,4)5/h3-17H,18H2,1-2H3;/q+1;-1. The van der Waals surface area contributed by atoms with Gasteiger partial charge in [-0.15, -0.1) is 4.68 Å². The van der Waals surface area contributed by atoms with E-state index in [1.165, 1.54) is 0 Å². The van der Waals surface area contributed by atoms with Gasteiger partial charge >= 0.3 is 7.25 Å². The number of nitrogens with zero attached hydrogens (tertiary/aromatic N) is 2. The number of hydrogen-bond donors (Lipinski definition) is 0. The van der Waals surface area contributed by atoms with Crippen molar-refractivity contribution in [3.63, 3.8) is 0 Å². The second-order valence-electron chi connectivity index (χ2n) is 7.55. The molecule has 34 heavy (non-hydrogen) atoms. The molecule has 1 aromatic heterocycles. The molecular weight excluding hydrogens is 467 g/mol. The van der Waals surface area contributed by atoms with Crippen molar-refractivity contribution in [2.45, 2.75) is 10.6 Å². The predicted octanol–water partition coefficient (Wildman–Crippen LogP) is 5.46. The highest BCUT2D eigenvalue weighted by Gasteiger charge is 2.36. The lowest BCUT2D eigenvalue weighted by molar-refractivity contribution is -0.741. The van der Waals surface area contributed by atoms with E-state index < -0.39 is 17.1 Å². The summed E-state index contributed by atoms with van der Waals surface area (Å²) in [6, 6.07) is 28.7. The molecule has 0 fully saturated rings. The lowest BCUT2D eigenvalue weighted by Crippen LogP contribution is -2.39.